The summed E-state index contributed by atoms with van der Waals surface area (Å²) < 4.78 is 0. The van der Waals surface area contributed by atoms with Crippen molar-refractivity contribution in [2.45, 2.75) is 12.3 Å². The average molecular weight is 320 g/mol. The first-order valence-electron chi connectivity index (χ1n) is 6.76. The summed E-state index contributed by atoms with van der Waals surface area (Å²) in [7, 11) is 0. The highest BCUT2D eigenvalue weighted by Gasteiger charge is 2.17. The molecule has 3 nitrogen and oxygen atoms in total. The van der Waals surface area contributed by atoms with Crippen molar-refractivity contribution in [1.29, 1.82) is 0 Å². The summed E-state index contributed by atoms with van der Waals surface area (Å²) >= 11 is 12.3. The predicted molar refractivity (Wildman–Crippen MR) is 88.1 cm³/mol. The van der Waals surface area contributed by atoms with Gasteiger partial charge in [-0.05, 0) is 30.2 Å². The highest BCUT2D eigenvalue weighted by Crippen LogP contribution is 2.29. The van der Waals surface area contributed by atoms with E-state index in [0.29, 0.717) is 23.0 Å². The number of nitrogens with zero attached hydrogens (tertiary/aromatic N) is 1. The number of hydrogen-bond acceptors (Lipinski definition) is 2. The molecule has 1 aromatic heterocycles. The van der Waals surface area contributed by atoms with Crippen molar-refractivity contribution in [2.24, 2.45) is 5.73 Å². The summed E-state index contributed by atoms with van der Waals surface area (Å²) in [6.45, 7) is 0.489. The molecule has 0 spiro atoms. The molecule has 0 aliphatic rings. The largest absolute Gasteiger partial charge is 0.342 e. The van der Waals surface area contributed by atoms with Crippen LogP contribution in [0.25, 0.3) is 11.0 Å². The van der Waals surface area contributed by atoms with Crippen molar-refractivity contribution >= 4 is 34.2 Å². The fraction of sp³-hybridized carbons (Fsp3) is 0.188. The molecule has 1 atom stereocenters. The molecule has 2 aromatic carbocycles. The monoisotopic (exact) mass is 319 g/mol. The van der Waals surface area contributed by atoms with Crippen LogP contribution in [0.15, 0.2) is 42.5 Å². The van der Waals surface area contributed by atoms with Gasteiger partial charge in [0.25, 0.3) is 0 Å². The quantitative estimate of drug-likeness (QED) is 0.758. The van der Waals surface area contributed by atoms with Crippen molar-refractivity contribution in [3.63, 3.8) is 0 Å². The Bertz CT molecular complexity index is 734. The summed E-state index contributed by atoms with van der Waals surface area (Å²) in [6.07, 6.45) is 0.704. The van der Waals surface area contributed by atoms with Crippen molar-refractivity contribution in [2.75, 3.05) is 6.54 Å². The lowest BCUT2D eigenvalue weighted by Gasteiger charge is -2.13. The number of rotatable bonds is 4. The van der Waals surface area contributed by atoms with E-state index < -0.39 is 0 Å². The van der Waals surface area contributed by atoms with E-state index in [0.717, 1.165) is 22.4 Å². The Morgan fingerprint density at radius 2 is 1.90 bits per heavy atom. The molecule has 0 bridgehead atoms. The summed E-state index contributed by atoms with van der Waals surface area (Å²) in [5.41, 5.74) is 8.88. The second kappa shape index (κ2) is 6.06. The van der Waals surface area contributed by atoms with Gasteiger partial charge in [-0.2, -0.15) is 0 Å². The van der Waals surface area contributed by atoms with E-state index in [1.165, 1.54) is 0 Å². The lowest BCUT2D eigenvalue weighted by atomic mass is 9.99. The minimum Gasteiger partial charge on any atom is -0.342 e. The maximum atomic E-state index is 6.26. The van der Waals surface area contributed by atoms with Crippen LogP contribution >= 0.6 is 23.2 Å². The fourth-order valence-electron chi connectivity index (χ4n) is 2.43. The highest BCUT2D eigenvalue weighted by atomic mass is 35.5. The first-order chi connectivity index (χ1) is 10.2. The van der Waals surface area contributed by atoms with Crippen molar-refractivity contribution in [3.05, 3.63) is 63.9 Å². The van der Waals surface area contributed by atoms with Gasteiger partial charge in [0.05, 0.1) is 21.1 Å². The lowest BCUT2D eigenvalue weighted by molar-refractivity contribution is 0.658. The van der Waals surface area contributed by atoms with Gasteiger partial charge < -0.3 is 10.7 Å². The molecule has 0 radical (unpaired) electrons. The Morgan fingerprint density at radius 1 is 1.10 bits per heavy atom. The van der Waals surface area contributed by atoms with Gasteiger partial charge >= 0.3 is 0 Å². The second-order valence-electron chi connectivity index (χ2n) is 4.99. The molecule has 0 fully saturated rings. The van der Waals surface area contributed by atoms with Crippen LogP contribution in [0.4, 0.5) is 0 Å². The molecule has 21 heavy (non-hydrogen) atoms. The molecule has 0 amide bonds. The number of nitrogens with one attached hydrogen (secondary N) is 1. The van der Waals surface area contributed by atoms with Crippen molar-refractivity contribution < 1.29 is 0 Å². The average Bonchev–Trinajstić information content (AvgIpc) is 2.92. The van der Waals surface area contributed by atoms with Gasteiger partial charge in [0, 0.05) is 12.5 Å². The van der Waals surface area contributed by atoms with E-state index in [1.54, 1.807) is 6.07 Å². The van der Waals surface area contributed by atoms with Gasteiger partial charge in [0.15, 0.2) is 0 Å². The Hall–Kier alpha value is -1.55. The van der Waals surface area contributed by atoms with Crippen LogP contribution in [0.1, 0.15) is 17.3 Å². The summed E-state index contributed by atoms with van der Waals surface area (Å²) in [5, 5.41) is 1.16. The second-order valence-corrected chi connectivity index (χ2v) is 5.77. The Balaban J connectivity index is 1.93. The highest BCUT2D eigenvalue weighted by molar-refractivity contribution is 6.42. The predicted octanol–water partition coefficient (Wildman–Crippen LogP) is 4.15. The van der Waals surface area contributed by atoms with E-state index >= 15 is 0 Å². The topological polar surface area (TPSA) is 54.7 Å². The number of benzene rings is 2. The number of hydrogen-bond donors (Lipinski definition) is 2. The number of fused-ring (bicyclic) bond motifs is 1. The minimum absolute atomic E-state index is 0.0772. The van der Waals surface area contributed by atoms with Crippen LogP contribution in [0, 0.1) is 0 Å². The van der Waals surface area contributed by atoms with Gasteiger partial charge in [-0.15, -0.1) is 0 Å². The van der Waals surface area contributed by atoms with Crippen LogP contribution in [0.2, 0.25) is 10.0 Å². The molecule has 0 saturated heterocycles. The van der Waals surface area contributed by atoms with Crippen LogP contribution < -0.4 is 5.73 Å². The summed E-state index contributed by atoms with van der Waals surface area (Å²) in [4.78, 5) is 7.95. The number of aromatic nitrogens is 2. The normalized spacial score (nSPS) is 12.7. The molecule has 3 N–H and O–H groups in total. The third kappa shape index (κ3) is 2.91. The van der Waals surface area contributed by atoms with E-state index in [2.05, 4.69) is 9.97 Å². The Morgan fingerprint density at radius 3 is 2.67 bits per heavy atom. The molecule has 3 rings (SSSR count). The SMILES string of the molecule is NCC(Cc1cccc(Cl)c1Cl)c1nc2ccccc2[nH]1. The smallest absolute Gasteiger partial charge is 0.111 e. The van der Waals surface area contributed by atoms with Gasteiger partial charge in [-0.3, -0.25) is 0 Å². The fourth-order valence-corrected chi connectivity index (χ4v) is 2.83. The van der Waals surface area contributed by atoms with Crippen molar-refractivity contribution in [3.8, 4) is 0 Å². The molecule has 108 valence electrons. The first-order valence-corrected chi connectivity index (χ1v) is 7.52. The molecule has 1 unspecified atom stereocenters. The van der Waals surface area contributed by atoms with Gasteiger partial charge in [0.1, 0.15) is 5.82 Å². The number of imidazole rings is 1. The van der Waals surface area contributed by atoms with Crippen LogP contribution in [0.5, 0.6) is 0 Å². The molecule has 0 aliphatic heterocycles. The van der Waals surface area contributed by atoms with E-state index in [1.807, 2.05) is 36.4 Å². The Kier molecular flexibility index (Phi) is 4.15. The number of aromatic amines is 1. The molecular formula is C16H15Cl2N3. The standard InChI is InChI=1S/C16H15Cl2N3/c17-12-5-3-4-10(15(12)18)8-11(9-19)16-20-13-6-1-2-7-14(13)21-16/h1-7,11H,8-9,19H2,(H,20,21). The molecule has 0 aliphatic carbocycles. The maximum Gasteiger partial charge on any atom is 0.111 e. The van der Waals surface area contributed by atoms with Crippen molar-refractivity contribution in [1.82, 2.24) is 9.97 Å². The lowest BCUT2D eigenvalue weighted by Crippen LogP contribution is -2.16. The zero-order valence-electron chi connectivity index (χ0n) is 11.3. The Labute approximate surface area is 133 Å². The molecular weight excluding hydrogens is 305 g/mol. The van der Waals surface area contributed by atoms with E-state index in [4.69, 9.17) is 28.9 Å². The van der Waals surface area contributed by atoms with Crippen LogP contribution in [-0.2, 0) is 6.42 Å². The molecule has 1 heterocycles. The van der Waals surface area contributed by atoms with Crippen LogP contribution in [-0.4, -0.2) is 16.5 Å². The minimum atomic E-state index is 0.0772. The summed E-state index contributed by atoms with van der Waals surface area (Å²) in [5.74, 6) is 0.961. The number of H-pyrrole nitrogens is 1. The van der Waals surface area contributed by atoms with Gasteiger partial charge in [0.2, 0.25) is 0 Å². The van der Waals surface area contributed by atoms with Gasteiger partial charge in [-0.1, -0.05) is 47.5 Å². The number of nitrogens with two attached hydrogens (primary N) is 1. The third-order valence-electron chi connectivity index (χ3n) is 3.58. The molecule has 3 aromatic rings. The molecule has 0 saturated carbocycles. The number of halogens is 2. The van der Waals surface area contributed by atoms with Gasteiger partial charge in [-0.25, -0.2) is 4.98 Å². The van der Waals surface area contributed by atoms with E-state index in [-0.39, 0.29) is 5.92 Å². The summed E-state index contributed by atoms with van der Waals surface area (Å²) in [6, 6.07) is 13.6. The zero-order valence-corrected chi connectivity index (χ0v) is 12.8. The van der Waals surface area contributed by atoms with E-state index in [9.17, 15) is 0 Å². The zero-order chi connectivity index (χ0) is 14.8. The molecule has 5 heteroatoms. The third-order valence-corrected chi connectivity index (χ3v) is 4.43. The first kappa shape index (κ1) is 14.4. The van der Waals surface area contributed by atoms with Crippen LogP contribution in [0.3, 0.4) is 0 Å². The number of para-hydroxylation sites is 2. The maximum absolute atomic E-state index is 6.26.